The molecule has 0 aromatic rings. The Morgan fingerprint density at radius 3 is 1.00 bits per heavy atom. The molecule has 0 unspecified atom stereocenters. The molecular formula is C2CuN2O2. The molecule has 0 aliphatic heterocycles. The molecule has 0 N–H and O–H groups in total. The van der Waals surface area contributed by atoms with Crippen LogP contribution in [0.1, 0.15) is 0 Å². The van der Waals surface area contributed by atoms with Gasteiger partial charge in [0.15, 0.2) is 0 Å². The first-order chi connectivity index (χ1) is 2.83. The first kappa shape index (κ1) is 16.5. The van der Waals surface area contributed by atoms with Crippen LogP contribution in [-0.2, 0) is 17.1 Å². The van der Waals surface area contributed by atoms with Crippen molar-refractivity contribution in [3.05, 3.63) is 0 Å². The zero-order chi connectivity index (χ0) is 5.41. The number of nitriles is 2. The third kappa shape index (κ3) is 60.4. The minimum atomic E-state index is 0. The van der Waals surface area contributed by atoms with Crippen LogP contribution in [0, 0.1) is 23.0 Å². The second kappa shape index (κ2) is 70.9. The van der Waals surface area contributed by atoms with Crippen molar-refractivity contribution >= 4 is 0 Å². The van der Waals surface area contributed by atoms with Crippen LogP contribution >= 0.6 is 0 Å². The zero-order valence-corrected chi connectivity index (χ0v) is 3.95. The quantitative estimate of drug-likeness (QED) is 0.283. The molecule has 0 atom stereocenters. The summed E-state index contributed by atoms with van der Waals surface area (Å²) in [4.78, 5) is 0. The predicted octanol–water partition coefficient (Wildman–Crippen LogP) is -2.35. The second-order valence-electron chi connectivity index (χ2n) is 0.183. The summed E-state index contributed by atoms with van der Waals surface area (Å²) < 4.78 is 0. The van der Waals surface area contributed by atoms with Crippen LogP contribution in [0.15, 0.2) is 0 Å². The molecule has 0 rings (SSSR count). The van der Waals surface area contributed by atoms with Crippen LogP contribution < -0.4 is 10.2 Å². The summed E-state index contributed by atoms with van der Waals surface area (Å²) in [6.45, 7) is 0. The van der Waals surface area contributed by atoms with Gasteiger partial charge in [0.1, 0.15) is 0 Å². The van der Waals surface area contributed by atoms with E-state index in [0.717, 1.165) is 0 Å². The van der Waals surface area contributed by atoms with Crippen molar-refractivity contribution in [2.24, 2.45) is 0 Å². The van der Waals surface area contributed by atoms with Crippen molar-refractivity contribution in [1.29, 1.82) is 10.5 Å². The summed E-state index contributed by atoms with van der Waals surface area (Å²) >= 11 is 0. The number of hydrogen-bond acceptors (Lipinski definition) is 4. The van der Waals surface area contributed by atoms with Crippen LogP contribution in [0.3, 0.4) is 0 Å². The molecule has 0 aliphatic rings. The molecular weight excluding hydrogens is 148 g/mol. The smallest absolute Gasteiger partial charge is 0.812 e. The molecule has 0 saturated heterocycles. The third-order valence-electron chi connectivity index (χ3n) is 0. The van der Waals surface area contributed by atoms with Crippen molar-refractivity contribution in [2.75, 3.05) is 0 Å². The first-order valence-electron chi connectivity index (χ1n) is 0.855. The second-order valence-corrected chi connectivity index (χ2v) is 0.183. The Kier molecular flexibility index (Phi) is 167. The Hall–Kier alpha value is -0.901. The van der Waals surface area contributed by atoms with E-state index in [2.05, 4.69) is 0 Å². The van der Waals surface area contributed by atoms with Gasteiger partial charge >= 0.3 is 17.1 Å². The number of nitrogens with zero attached hydrogens (tertiary/aromatic N) is 2. The topological polar surface area (TPSA) is 93.7 Å². The van der Waals surface area contributed by atoms with Gasteiger partial charge < -0.3 is 10.2 Å². The third-order valence-corrected chi connectivity index (χ3v) is 0. The first-order valence-corrected chi connectivity index (χ1v) is 0.855. The van der Waals surface area contributed by atoms with E-state index in [1.54, 1.807) is 0 Å². The molecule has 1 radical (unpaired) electrons. The average Bonchev–Trinajstić information content (AvgIpc) is 1.39. The fourth-order valence-electron chi connectivity index (χ4n) is 0. The summed E-state index contributed by atoms with van der Waals surface area (Å²) in [5.74, 6) is 0. The molecule has 0 saturated carbocycles. The Labute approximate surface area is 51.1 Å². The van der Waals surface area contributed by atoms with Gasteiger partial charge in [0.2, 0.25) is 0 Å². The number of hydrogen-bond donors (Lipinski definition) is 0. The van der Waals surface area contributed by atoms with Gasteiger partial charge in [-0.15, -0.1) is 0 Å². The molecule has 0 heterocycles. The maximum Gasteiger partial charge on any atom is 2.00 e. The maximum atomic E-state index is 8.24. The molecule has 0 amide bonds. The molecule has 0 spiro atoms. The number of rotatable bonds is 0. The van der Waals surface area contributed by atoms with E-state index in [1.807, 2.05) is 0 Å². The summed E-state index contributed by atoms with van der Waals surface area (Å²) in [6, 6.07) is 0. The van der Waals surface area contributed by atoms with E-state index >= 15 is 0 Å². The van der Waals surface area contributed by atoms with Crippen LogP contribution in [-0.4, -0.2) is 0 Å². The van der Waals surface area contributed by atoms with E-state index in [1.165, 1.54) is 0 Å². The minimum absolute atomic E-state index is 0. The largest absolute Gasteiger partial charge is 2.00 e. The van der Waals surface area contributed by atoms with Gasteiger partial charge in [-0.25, -0.2) is 10.5 Å². The summed E-state index contributed by atoms with van der Waals surface area (Å²) in [7, 11) is 0. The van der Waals surface area contributed by atoms with Gasteiger partial charge in [0.05, 0.1) is 0 Å². The summed E-state index contributed by atoms with van der Waals surface area (Å²) in [5.41, 5.74) is 0. The monoisotopic (exact) mass is 147 g/mol. The molecule has 0 aliphatic carbocycles. The van der Waals surface area contributed by atoms with Crippen LogP contribution in [0.2, 0.25) is 0 Å². The van der Waals surface area contributed by atoms with Crippen molar-refractivity contribution in [3.8, 4) is 12.5 Å². The molecule has 0 fully saturated rings. The molecule has 0 bridgehead atoms. The van der Waals surface area contributed by atoms with E-state index in [0.29, 0.717) is 12.5 Å². The van der Waals surface area contributed by atoms with E-state index < -0.39 is 0 Å². The molecule has 0 aromatic heterocycles. The van der Waals surface area contributed by atoms with Gasteiger partial charge in [-0.2, -0.15) is 0 Å². The minimum Gasteiger partial charge on any atom is -0.812 e. The van der Waals surface area contributed by atoms with Gasteiger partial charge in [-0.3, -0.25) is 0 Å². The molecule has 5 heteroatoms. The predicted molar refractivity (Wildman–Crippen MR) is 11.2 cm³/mol. The Morgan fingerprint density at radius 1 is 1.00 bits per heavy atom. The van der Waals surface area contributed by atoms with Crippen molar-refractivity contribution in [3.63, 3.8) is 0 Å². The summed E-state index contributed by atoms with van der Waals surface area (Å²) in [6.07, 6.45) is 1.00. The summed E-state index contributed by atoms with van der Waals surface area (Å²) in [5, 5.41) is 30.0. The van der Waals surface area contributed by atoms with Crippen LogP contribution in [0.5, 0.6) is 0 Å². The van der Waals surface area contributed by atoms with Crippen molar-refractivity contribution < 1.29 is 27.3 Å². The average molecular weight is 148 g/mol. The molecule has 4 nitrogen and oxygen atoms in total. The Bertz CT molecular complexity index is 68.7. The Morgan fingerprint density at radius 2 is 1.00 bits per heavy atom. The molecule has 41 valence electrons. The standard InChI is InChI=1S/2CHNO.Cu/c2*2-1-3;/h2*3H;/q;;+2/p-2. The van der Waals surface area contributed by atoms with E-state index in [9.17, 15) is 0 Å². The van der Waals surface area contributed by atoms with Crippen LogP contribution in [0.4, 0.5) is 0 Å². The van der Waals surface area contributed by atoms with E-state index in [-0.39, 0.29) is 17.1 Å². The SMILES string of the molecule is N#C[O-].N#C[O-].[Cu+2]. The molecule has 7 heavy (non-hydrogen) atoms. The maximum absolute atomic E-state index is 8.24. The van der Waals surface area contributed by atoms with Crippen LogP contribution in [0.25, 0.3) is 0 Å². The van der Waals surface area contributed by atoms with Crippen molar-refractivity contribution in [1.82, 2.24) is 0 Å². The van der Waals surface area contributed by atoms with Gasteiger partial charge in [-0.05, 0) is 0 Å². The van der Waals surface area contributed by atoms with Crippen molar-refractivity contribution in [2.45, 2.75) is 0 Å². The van der Waals surface area contributed by atoms with Gasteiger partial charge in [-0.1, -0.05) is 0 Å². The normalized spacial score (nSPS) is 2.00. The fourth-order valence-corrected chi connectivity index (χ4v) is 0. The van der Waals surface area contributed by atoms with Gasteiger partial charge in [0, 0.05) is 12.5 Å². The Balaban J connectivity index is -0.0000000400. The van der Waals surface area contributed by atoms with E-state index in [4.69, 9.17) is 20.7 Å². The zero-order valence-electron chi connectivity index (χ0n) is 3.01. The fraction of sp³-hybridized carbons (Fsp3) is 0. The van der Waals surface area contributed by atoms with Gasteiger partial charge in [0.25, 0.3) is 0 Å². The molecule has 0 aromatic carbocycles.